The van der Waals surface area contributed by atoms with Gasteiger partial charge in [0.15, 0.2) is 17.2 Å². The summed E-state index contributed by atoms with van der Waals surface area (Å²) in [5, 5.41) is 8.21. The molecule has 1 aromatic heterocycles. The highest BCUT2D eigenvalue weighted by Crippen LogP contribution is 2.40. The van der Waals surface area contributed by atoms with Gasteiger partial charge < -0.3 is 28.4 Å². The van der Waals surface area contributed by atoms with Crippen LogP contribution in [0.4, 0.5) is 0 Å². The molecular weight excluding hydrogens is 963 g/mol. The zero-order valence-corrected chi connectivity index (χ0v) is 48.7. The molecule has 3 aromatic carbocycles. The molecule has 0 atom stereocenters. The first kappa shape index (κ1) is 64.5. The lowest BCUT2D eigenvalue weighted by molar-refractivity contribution is 0.0715. The molecule has 0 radical (unpaired) electrons. The summed E-state index contributed by atoms with van der Waals surface area (Å²) in [4.78, 5) is 27.2. The summed E-state index contributed by atoms with van der Waals surface area (Å²) in [6, 6.07) is 17.4. The zero-order valence-electron chi connectivity index (χ0n) is 48.7. The van der Waals surface area contributed by atoms with Crippen molar-refractivity contribution in [2.24, 2.45) is 0 Å². The summed E-state index contributed by atoms with van der Waals surface area (Å²) < 4.78 is 38.6. The fraction of sp³-hybridized carbons (Fsp3) is 0.667. The van der Waals surface area contributed by atoms with Crippen molar-refractivity contribution in [2.45, 2.75) is 259 Å². The summed E-state index contributed by atoms with van der Waals surface area (Å²) in [6.45, 7) is 11.3. The number of benzene rings is 3. The summed E-state index contributed by atoms with van der Waals surface area (Å²) in [6.07, 6.45) is 45.9. The zero-order chi connectivity index (χ0) is 54.6. The van der Waals surface area contributed by atoms with E-state index in [1.165, 1.54) is 197 Å². The van der Waals surface area contributed by atoms with Crippen molar-refractivity contribution in [1.82, 2.24) is 15.0 Å². The number of nitrogens with zero attached hydrogens (tertiary/aromatic N) is 3. The SMILES string of the molecule is CCCCCCCCCCCCOc1cc(C(=O)Oc2ccc(OC(=O)c3cn(-c4ccc(OCCCCCCCC)cc4)nn3)cc2)cc(OCCCCCCCCCCCC)c1OCCCCCCCCCCCC. The van der Waals surface area contributed by atoms with Crippen molar-refractivity contribution in [3.05, 3.63) is 78.1 Å². The lowest BCUT2D eigenvalue weighted by Gasteiger charge is -2.19. The van der Waals surface area contributed by atoms with E-state index in [9.17, 15) is 9.59 Å². The van der Waals surface area contributed by atoms with Crippen molar-refractivity contribution in [2.75, 3.05) is 26.4 Å². The molecule has 11 heteroatoms. The number of carbonyl (C=O) groups excluding carboxylic acids is 2. The van der Waals surface area contributed by atoms with Crippen LogP contribution in [0, 0.1) is 0 Å². The number of ether oxygens (including phenoxy) is 6. The van der Waals surface area contributed by atoms with Gasteiger partial charge in [0.1, 0.15) is 17.2 Å². The molecule has 11 nitrogen and oxygen atoms in total. The second-order valence-electron chi connectivity index (χ2n) is 21.3. The fourth-order valence-electron chi connectivity index (χ4n) is 9.51. The Morgan fingerprint density at radius 3 is 1.09 bits per heavy atom. The van der Waals surface area contributed by atoms with Crippen molar-refractivity contribution in [1.29, 1.82) is 0 Å². The average Bonchev–Trinajstić information content (AvgIpc) is 3.95. The lowest BCUT2D eigenvalue weighted by Crippen LogP contribution is -2.12. The number of hydrogen-bond donors (Lipinski definition) is 0. The Kier molecular flexibility index (Phi) is 35.9. The molecule has 0 spiro atoms. The Morgan fingerprint density at radius 1 is 0.377 bits per heavy atom. The highest BCUT2D eigenvalue weighted by atomic mass is 16.6. The van der Waals surface area contributed by atoms with Gasteiger partial charge in [-0.1, -0.05) is 238 Å². The van der Waals surface area contributed by atoms with Crippen molar-refractivity contribution in [3.63, 3.8) is 0 Å². The molecular formula is C66H103N3O8. The first-order chi connectivity index (χ1) is 37.9. The highest BCUT2D eigenvalue weighted by molar-refractivity contribution is 5.93. The summed E-state index contributed by atoms with van der Waals surface area (Å²) in [5.41, 5.74) is 1.10. The Morgan fingerprint density at radius 2 is 0.701 bits per heavy atom. The van der Waals surface area contributed by atoms with E-state index >= 15 is 0 Å². The molecule has 0 unspecified atom stereocenters. The number of hydrogen-bond acceptors (Lipinski definition) is 10. The van der Waals surface area contributed by atoms with E-state index in [-0.39, 0.29) is 11.4 Å². The van der Waals surface area contributed by atoms with Gasteiger partial charge in [-0.15, -0.1) is 5.10 Å². The summed E-state index contributed by atoms with van der Waals surface area (Å²) >= 11 is 0. The maximum atomic E-state index is 14.0. The van der Waals surface area contributed by atoms with Crippen LogP contribution in [0.5, 0.6) is 34.5 Å². The minimum Gasteiger partial charge on any atom is -0.494 e. The van der Waals surface area contributed by atoms with Gasteiger partial charge in [-0.2, -0.15) is 0 Å². The van der Waals surface area contributed by atoms with Gasteiger partial charge in [-0.05, 0) is 86.3 Å². The van der Waals surface area contributed by atoms with Crippen LogP contribution in [-0.4, -0.2) is 53.4 Å². The Labute approximate surface area is 466 Å². The predicted molar refractivity (Wildman–Crippen MR) is 315 cm³/mol. The smallest absolute Gasteiger partial charge is 0.365 e. The molecule has 430 valence electrons. The minimum absolute atomic E-state index is 0.0530. The molecule has 77 heavy (non-hydrogen) atoms. The van der Waals surface area contributed by atoms with E-state index in [1.54, 1.807) is 36.4 Å². The van der Waals surface area contributed by atoms with E-state index in [0.717, 1.165) is 56.4 Å². The molecule has 0 aliphatic carbocycles. The molecule has 4 aromatic rings. The molecule has 0 saturated carbocycles. The number of rotatable bonds is 49. The van der Waals surface area contributed by atoms with Crippen LogP contribution < -0.4 is 28.4 Å². The number of esters is 2. The number of unbranched alkanes of at least 4 members (excludes halogenated alkanes) is 32. The van der Waals surface area contributed by atoms with Crippen LogP contribution in [0.15, 0.2) is 66.9 Å². The van der Waals surface area contributed by atoms with Crippen LogP contribution in [0.2, 0.25) is 0 Å². The third kappa shape index (κ3) is 28.9. The highest BCUT2D eigenvalue weighted by Gasteiger charge is 2.21. The maximum absolute atomic E-state index is 14.0. The Hall–Kier alpha value is -5.06. The molecule has 0 amide bonds. The summed E-state index contributed by atoms with van der Waals surface area (Å²) in [7, 11) is 0. The second kappa shape index (κ2) is 42.9. The molecule has 0 saturated heterocycles. The van der Waals surface area contributed by atoms with Gasteiger partial charge in [-0.3, -0.25) is 0 Å². The number of carbonyl (C=O) groups is 2. The lowest BCUT2D eigenvalue weighted by atomic mass is 10.1. The fourth-order valence-corrected chi connectivity index (χ4v) is 9.51. The first-order valence-corrected chi connectivity index (χ1v) is 31.2. The molecule has 0 fully saturated rings. The quantitative estimate of drug-likeness (QED) is 0.0240. The maximum Gasteiger partial charge on any atom is 0.365 e. The van der Waals surface area contributed by atoms with Crippen LogP contribution in [0.25, 0.3) is 5.69 Å². The van der Waals surface area contributed by atoms with Gasteiger partial charge in [0.05, 0.1) is 43.9 Å². The molecule has 0 bridgehead atoms. The van der Waals surface area contributed by atoms with Crippen LogP contribution in [0.3, 0.4) is 0 Å². The van der Waals surface area contributed by atoms with E-state index in [0.29, 0.717) is 55.0 Å². The van der Waals surface area contributed by atoms with E-state index in [2.05, 4.69) is 38.0 Å². The average molecular weight is 1070 g/mol. The van der Waals surface area contributed by atoms with Gasteiger partial charge in [-0.25, -0.2) is 14.3 Å². The summed E-state index contributed by atoms with van der Waals surface area (Å²) in [5.74, 6) is 1.70. The minimum atomic E-state index is -0.661. The monoisotopic (exact) mass is 1070 g/mol. The van der Waals surface area contributed by atoms with Crippen LogP contribution in [-0.2, 0) is 0 Å². The predicted octanol–water partition coefficient (Wildman–Crippen LogP) is 19.3. The van der Waals surface area contributed by atoms with Crippen molar-refractivity contribution < 1.29 is 38.0 Å². The van der Waals surface area contributed by atoms with E-state index < -0.39 is 11.9 Å². The topological polar surface area (TPSA) is 120 Å². The van der Waals surface area contributed by atoms with Crippen molar-refractivity contribution in [3.8, 4) is 40.2 Å². The molecule has 4 rings (SSSR count). The molecule has 1 heterocycles. The Balaban J connectivity index is 1.38. The van der Waals surface area contributed by atoms with Gasteiger partial charge in [0.25, 0.3) is 0 Å². The van der Waals surface area contributed by atoms with Crippen LogP contribution >= 0.6 is 0 Å². The van der Waals surface area contributed by atoms with Gasteiger partial charge in [0, 0.05) is 0 Å². The van der Waals surface area contributed by atoms with Crippen LogP contribution in [0.1, 0.15) is 280 Å². The van der Waals surface area contributed by atoms with Gasteiger partial charge >= 0.3 is 11.9 Å². The molecule has 0 aliphatic heterocycles. The van der Waals surface area contributed by atoms with E-state index in [1.807, 2.05) is 24.3 Å². The van der Waals surface area contributed by atoms with E-state index in [4.69, 9.17) is 28.4 Å². The Bertz CT molecular complexity index is 2040. The largest absolute Gasteiger partial charge is 0.494 e. The standard InChI is InChI=1S/C66H103N3O8/c1-5-9-13-17-21-24-27-30-34-38-50-73-62-53-56(54-63(74-51-39-35-31-28-25-22-18-14-10-6-2)64(62)75-52-40-36-32-29-26-23-19-15-11-7-3)65(70)76-59-45-47-60(48-46-59)77-66(71)61-55-69(68-67-61)57-41-43-58(44-42-57)72-49-37-33-20-16-12-8-4/h41-48,53-55H,5-40,49-52H2,1-4H3. The first-order valence-electron chi connectivity index (χ1n) is 31.2. The normalized spacial score (nSPS) is 11.2. The number of aromatic nitrogens is 3. The molecule has 0 N–H and O–H groups in total. The van der Waals surface area contributed by atoms with Gasteiger partial charge in [0.2, 0.25) is 5.75 Å². The second-order valence-corrected chi connectivity index (χ2v) is 21.3. The third-order valence-corrected chi connectivity index (χ3v) is 14.3. The molecule has 0 aliphatic rings. The third-order valence-electron chi connectivity index (χ3n) is 14.3. The van der Waals surface area contributed by atoms with Crippen molar-refractivity contribution >= 4 is 11.9 Å².